The summed E-state index contributed by atoms with van der Waals surface area (Å²) >= 11 is 0. The van der Waals surface area contributed by atoms with Crippen LogP contribution in [-0.4, -0.2) is 14.4 Å². The Morgan fingerprint density at radius 1 is 0.750 bits per heavy atom. The third-order valence-electron chi connectivity index (χ3n) is 8.99. The van der Waals surface area contributed by atoms with Crippen LogP contribution in [-0.2, 0) is 4.43 Å². The van der Waals surface area contributed by atoms with E-state index in [4.69, 9.17) is 4.43 Å². The summed E-state index contributed by atoms with van der Waals surface area (Å²) in [5.74, 6) is 4.04. The maximum Gasteiger partial charge on any atom is 0.184 e. The van der Waals surface area contributed by atoms with E-state index < -0.39 is 8.32 Å². The summed E-state index contributed by atoms with van der Waals surface area (Å²) in [5.41, 5.74) is 1.17. The minimum absolute atomic E-state index is 0.485. The first-order chi connectivity index (χ1) is 11.2. The molecule has 0 N–H and O–H groups in total. The lowest BCUT2D eigenvalue weighted by Gasteiger charge is -2.60. The number of rotatable bonds is 2. The van der Waals surface area contributed by atoms with E-state index >= 15 is 0 Å². The van der Waals surface area contributed by atoms with E-state index in [9.17, 15) is 0 Å². The zero-order valence-electron chi connectivity index (χ0n) is 16.9. The van der Waals surface area contributed by atoms with E-state index in [2.05, 4.69) is 33.5 Å². The van der Waals surface area contributed by atoms with Crippen molar-refractivity contribution in [3.63, 3.8) is 0 Å². The standard InChI is InChI=1S/C22H40OSi/c1-21-14-7-6-8-16(21)9-10-17-18-11-12-20(23-24(3,4)5)22(18,2)15-13-19(17)21/h16-20H,6-15H2,1-5H3. The highest BCUT2D eigenvalue weighted by molar-refractivity contribution is 6.69. The maximum atomic E-state index is 6.72. The normalized spacial score (nSPS) is 51.6. The van der Waals surface area contributed by atoms with Crippen LogP contribution < -0.4 is 0 Å². The molecule has 4 aliphatic rings. The van der Waals surface area contributed by atoms with Crippen LogP contribution in [0.15, 0.2) is 0 Å². The summed E-state index contributed by atoms with van der Waals surface area (Å²) in [7, 11) is -1.43. The molecule has 0 amide bonds. The van der Waals surface area contributed by atoms with Gasteiger partial charge < -0.3 is 4.43 Å². The molecule has 7 atom stereocenters. The molecule has 0 aromatic heterocycles. The molecule has 24 heavy (non-hydrogen) atoms. The lowest BCUT2D eigenvalue weighted by molar-refractivity contribution is -0.118. The van der Waals surface area contributed by atoms with E-state index in [0.717, 1.165) is 23.7 Å². The molecule has 0 radical (unpaired) electrons. The van der Waals surface area contributed by atoms with Gasteiger partial charge >= 0.3 is 0 Å². The van der Waals surface area contributed by atoms with Crippen molar-refractivity contribution in [2.24, 2.45) is 34.5 Å². The molecule has 7 unspecified atom stereocenters. The highest BCUT2D eigenvalue weighted by atomic mass is 28.4. The molecule has 4 fully saturated rings. The van der Waals surface area contributed by atoms with Crippen molar-refractivity contribution < 1.29 is 4.43 Å². The van der Waals surface area contributed by atoms with E-state index in [1.807, 2.05) is 0 Å². The predicted molar refractivity (Wildman–Crippen MR) is 105 cm³/mol. The van der Waals surface area contributed by atoms with Crippen LogP contribution in [0.4, 0.5) is 0 Å². The molecule has 0 aliphatic heterocycles. The van der Waals surface area contributed by atoms with Crippen LogP contribution in [0.1, 0.15) is 78.1 Å². The molecular formula is C22H40OSi. The van der Waals surface area contributed by atoms with Gasteiger partial charge in [0.25, 0.3) is 0 Å². The summed E-state index contributed by atoms with van der Waals surface area (Å²) in [5, 5.41) is 0. The number of hydrogen-bond acceptors (Lipinski definition) is 1. The average Bonchev–Trinajstić information content (AvgIpc) is 2.82. The van der Waals surface area contributed by atoms with Crippen molar-refractivity contribution in [2.45, 2.75) is 104 Å². The second kappa shape index (κ2) is 5.84. The fraction of sp³-hybridized carbons (Fsp3) is 1.00. The van der Waals surface area contributed by atoms with Crippen molar-refractivity contribution in [1.29, 1.82) is 0 Å². The zero-order valence-corrected chi connectivity index (χ0v) is 17.9. The lowest BCUT2D eigenvalue weighted by atomic mass is 9.45. The van der Waals surface area contributed by atoms with Gasteiger partial charge in [0, 0.05) is 0 Å². The molecule has 0 aromatic rings. The van der Waals surface area contributed by atoms with Crippen molar-refractivity contribution in [3.05, 3.63) is 0 Å². The van der Waals surface area contributed by atoms with Crippen LogP contribution in [0.5, 0.6) is 0 Å². The van der Waals surface area contributed by atoms with Gasteiger partial charge in [0.05, 0.1) is 6.10 Å². The van der Waals surface area contributed by atoms with Crippen LogP contribution >= 0.6 is 0 Å². The first-order valence-electron chi connectivity index (χ1n) is 10.9. The summed E-state index contributed by atoms with van der Waals surface area (Å²) in [6.45, 7) is 12.4. The van der Waals surface area contributed by atoms with Gasteiger partial charge in [-0.3, -0.25) is 0 Å². The molecule has 0 spiro atoms. The molecule has 0 heterocycles. The largest absolute Gasteiger partial charge is 0.414 e. The lowest BCUT2D eigenvalue weighted by Crippen LogP contribution is -2.54. The summed E-state index contributed by atoms with van der Waals surface area (Å²) in [4.78, 5) is 0. The smallest absolute Gasteiger partial charge is 0.184 e. The molecule has 0 bridgehead atoms. The fourth-order valence-electron chi connectivity index (χ4n) is 7.87. The SMILES string of the molecule is CC12CCCCC1CCC1C2CCC2(C)C(O[Si](C)(C)C)CCC12. The molecule has 4 saturated carbocycles. The molecule has 4 aliphatic carbocycles. The predicted octanol–water partition coefficient (Wildman–Crippen LogP) is 6.64. The van der Waals surface area contributed by atoms with Crippen molar-refractivity contribution in [1.82, 2.24) is 0 Å². The molecule has 0 saturated heterocycles. The first-order valence-corrected chi connectivity index (χ1v) is 14.3. The Labute approximate surface area is 151 Å². The first kappa shape index (κ1) is 17.6. The van der Waals surface area contributed by atoms with Crippen LogP contribution in [0.3, 0.4) is 0 Å². The average molecular weight is 349 g/mol. The Morgan fingerprint density at radius 3 is 2.25 bits per heavy atom. The topological polar surface area (TPSA) is 9.23 Å². The van der Waals surface area contributed by atoms with Gasteiger partial charge in [-0.05, 0) is 106 Å². The fourth-order valence-corrected chi connectivity index (χ4v) is 9.11. The Morgan fingerprint density at radius 2 is 1.50 bits per heavy atom. The van der Waals surface area contributed by atoms with Crippen LogP contribution in [0.2, 0.25) is 19.6 Å². The van der Waals surface area contributed by atoms with E-state index in [-0.39, 0.29) is 0 Å². The monoisotopic (exact) mass is 348 g/mol. The molecule has 2 heteroatoms. The maximum absolute atomic E-state index is 6.72. The van der Waals surface area contributed by atoms with Gasteiger partial charge in [0.2, 0.25) is 0 Å². The zero-order chi connectivity index (χ0) is 17.2. The van der Waals surface area contributed by atoms with Crippen molar-refractivity contribution in [3.8, 4) is 0 Å². The van der Waals surface area contributed by atoms with Gasteiger partial charge in [-0.1, -0.05) is 26.7 Å². The minimum Gasteiger partial charge on any atom is -0.414 e. The molecule has 1 nitrogen and oxygen atoms in total. The quantitative estimate of drug-likeness (QED) is 0.508. The third kappa shape index (κ3) is 2.66. The van der Waals surface area contributed by atoms with Gasteiger partial charge in [0.1, 0.15) is 0 Å². The number of fused-ring (bicyclic) bond motifs is 5. The highest BCUT2D eigenvalue weighted by Gasteiger charge is 2.60. The summed E-state index contributed by atoms with van der Waals surface area (Å²) in [6.07, 6.45) is 15.4. The minimum atomic E-state index is -1.43. The Kier molecular flexibility index (Phi) is 4.28. The van der Waals surface area contributed by atoms with Crippen molar-refractivity contribution >= 4 is 8.32 Å². The van der Waals surface area contributed by atoms with Crippen LogP contribution in [0.25, 0.3) is 0 Å². The third-order valence-corrected chi connectivity index (χ3v) is 9.98. The van der Waals surface area contributed by atoms with Gasteiger partial charge in [-0.25, -0.2) is 0 Å². The summed E-state index contributed by atoms with van der Waals surface area (Å²) < 4.78 is 6.72. The van der Waals surface area contributed by atoms with E-state index in [1.165, 1.54) is 64.2 Å². The van der Waals surface area contributed by atoms with Crippen LogP contribution in [0, 0.1) is 34.5 Å². The molecular weight excluding hydrogens is 308 g/mol. The van der Waals surface area contributed by atoms with Gasteiger partial charge in [-0.15, -0.1) is 0 Å². The van der Waals surface area contributed by atoms with Crippen molar-refractivity contribution in [2.75, 3.05) is 0 Å². The second-order valence-corrected chi connectivity index (χ2v) is 15.7. The highest BCUT2D eigenvalue weighted by Crippen LogP contribution is 2.66. The Balaban J connectivity index is 1.57. The Hall–Kier alpha value is 0.177. The van der Waals surface area contributed by atoms with E-state index in [0.29, 0.717) is 16.9 Å². The molecule has 0 aromatic carbocycles. The summed E-state index contributed by atoms with van der Waals surface area (Å²) in [6, 6.07) is 0. The van der Waals surface area contributed by atoms with Gasteiger partial charge in [0.15, 0.2) is 8.32 Å². The van der Waals surface area contributed by atoms with E-state index in [1.54, 1.807) is 0 Å². The molecule has 138 valence electrons. The van der Waals surface area contributed by atoms with Gasteiger partial charge in [-0.2, -0.15) is 0 Å². The molecule has 4 rings (SSSR count). The Bertz CT molecular complexity index is 483. The number of hydrogen-bond donors (Lipinski definition) is 0. The second-order valence-electron chi connectivity index (χ2n) is 11.2.